The van der Waals surface area contributed by atoms with Crippen LogP contribution < -0.4 is 29.0 Å². The second kappa shape index (κ2) is 11.3. The number of nitrogens with one attached hydrogen (secondary N) is 1. The second-order valence-electron chi connectivity index (χ2n) is 7.88. The first kappa shape index (κ1) is 24.7. The van der Waals surface area contributed by atoms with Crippen molar-refractivity contribution in [1.29, 1.82) is 0 Å². The number of carbonyl (C=O) groups is 1. The third-order valence-corrected chi connectivity index (χ3v) is 5.71. The van der Waals surface area contributed by atoms with E-state index in [1.807, 2.05) is 42.5 Å². The number of anilines is 1. The molecule has 0 aliphatic heterocycles. The lowest BCUT2D eigenvalue weighted by Gasteiger charge is -2.17. The van der Waals surface area contributed by atoms with Crippen molar-refractivity contribution in [2.45, 2.75) is 6.42 Å². The third kappa shape index (κ3) is 5.43. The second-order valence-corrected chi connectivity index (χ2v) is 7.88. The Morgan fingerprint density at radius 2 is 1.44 bits per heavy atom. The maximum absolute atomic E-state index is 12.8. The number of aromatic nitrogens is 1. The van der Waals surface area contributed by atoms with Gasteiger partial charge in [0.15, 0.2) is 29.6 Å². The number of benzene rings is 3. The van der Waals surface area contributed by atoms with Gasteiger partial charge in [-0.05, 0) is 47.3 Å². The predicted octanol–water partition coefficient (Wildman–Crippen LogP) is 4.88. The lowest BCUT2D eigenvalue weighted by molar-refractivity contribution is -0.118. The van der Waals surface area contributed by atoms with Crippen molar-refractivity contribution >= 4 is 22.4 Å². The highest BCUT2D eigenvalue weighted by Gasteiger charge is 2.17. The van der Waals surface area contributed by atoms with Crippen LogP contribution in [-0.4, -0.2) is 45.9 Å². The van der Waals surface area contributed by atoms with Crippen LogP contribution in [0.1, 0.15) is 11.3 Å². The molecular formula is C28H28N2O6. The summed E-state index contributed by atoms with van der Waals surface area (Å²) in [5.41, 5.74) is 2.18. The zero-order valence-electron chi connectivity index (χ0n) is 20.7. The van der Waals surface area contributed by atoms with Gasteiger partial charge in [0.1, 0.15) is 5.75 Å². The molecule has 0 bridgehead atoms. The summed E-state index contributed by atoms with van der Waals surface area (Å²) >= 11 is 0. The van der Waals surface area contributed by atoms with Gasteiger partial charge in [-0.3, -0.25) is 9.78 Å². The van der Waals surface area contributed by atoms with Crippen LogP contribution in [0.2, 0.25) is 0 Å². The number of ether oxygens (including phenoxy) is 5. The lowest BCUT2D eigenvalue weighted by atomic mass is 10.0. The maximum atomic E-state index is 12.8. The van der Waals surface area contributed by atoms with E-state index >= 15 is 0 Å². The highest BCUT2D eigenvalue weighted by Crippen LogP contribution is 2.37. The first-order valence-corrected chi connectivity index (χ1v) is 11.3. The van der Waals surface area contributed by atoms with Gasteiger partial charge in [-0.1, -0.05) is 18.2 Å². The fourth-order valence-corrected chi connectivity index (χ4v) is 3.92. The van der Waals surface area contributed by atoms with E-state index in [2.05, 4.69) is 10.3 Å². The minimum atomic E-state index is -0.301. The van der Waals surface area contributed by atoms with Crippen molar-refractivity contribution in [3.05, 3.63) is 78.1 Å². The van der Waals surface area contributed by atoms with Crippen LogP contribution in [0.25, 0.3) is 10.8 Å². The molecule has 8 heteroatoms. The molecule has 1 aromatic heterocycles. The van der Waals surface area contributed by atoms with E-state index in [9.17, 15) is 4.79 Å². The number of pyridine rings is 1. The van der Waals surface area contributed by atoms with Crippen LogP contribution in [0.15, 0.2) is 66.9 Å². The molecule has 0 saturated heterocycles. The molecule has 8 nitrogen and oxygen atoms in total. The summed E-state index contributed by atoms with van der Waals surface area (Å²) in [6, 6.07) is 18.5. The molecular weight excluding hydrogens is 460 g/mol. The van der Waals surface area contributed by atoms with Gasteiger partial charge in [0.2, 0.25) is 0 Å². The number of fused-ring (bicyclic) bond motifs is 1. The van der Waals surface area contributed by atoms with Crippen molar-refractivity contribution < 1.29 is 28.5 Å². The van der Waals surface area contributed by atoms with E-state index in [0.29, 0.717) is 40.9 Å². The molecule has 4 aromatic rings. The summed E-state index contributed by atoms with van der Waals surface area (Å²) in [6.45, 7) is -0.138. The zero-order chi connectivity index (χ0) is 25.5. The number of hydrogen-bond donors (Lipinski definition) is 1. The number of para-hydroxylation sites is 1. The molecule has 0 atom stereocenters. The van der Waals surface area contributed by atoms with Crippen molar-refractivity contribution in [3.8, 4) is 28.7 Å². The quantitative estimate of drug-likeness (QED) is 0.340. The molecule has 0 fully saturated rings. The summed E-state index contributed by atoms with van der Waals surface area (Å²) in [4.78, 5) is 17.4. The lowest BCUT2D eigenvalue weighted by Crippen LogP contribution is -2.21. The molecule has 186 valence electrons. The van der Waals surface area contributed by atoms with Gasteiger partial charge in [0, 0.05) is 29.8 Å². The molecule has 4 rings (SSSR count). The molecule has 1 heterocycles. The minimum Gasteiger partial charge on any atom is -0.493 e. The number of rotatable bonds is 10. The number of amides is 1. The Hall–Kier alpha value is -4.46. The first-order chi connectivity index (χ1) is 17.6. The zero-order valence-corrected chi connectivity index (χ0v) is 20.7. The molecule has 0 radical (unpaired) electrons. The summed E-state index contributed by atoms with van der Waals surface area (Å²) in [7, 11) is 6.32. The van der Waals surface area contributed by atoms with Crippen LogP contribution in [0, 0.1) is 0 Å². The fourth-order valence-electron chi connectivity index (χ4n) is 3.92. The summed E-state index contributed by atoms with van der Waals surface area (Å²) in [5.74, 6) is 2.61. The van der Waals surface area contributed by atoms with Crippen LogP contribution in [0.5, 0.6) is 28.7 Å². The number of hydrogen-bond acceptors (Lipinski definition) is 7. The average Bonchev–Trinajstić information content (AvgIpc) is 2.92. The van der Waals surface area contributed by atoms with E-state index in [1.54, 1.807) is 52.8 Å². The van der Waals surface area contributed by atoms with Gasteiger partial charge in [-0.2, -0.15) is 0 Å². The standard InChI is InChI=1S/C28H28N2O6/c1-32-24-13-18-10-11-29-23(21(18)15-26(24)34-3)12-19-14-25(33-2)27(35-4)16-22(19)30-28(31)17-36-20-8-6-5-7-9-20/h5-11,13-16H,12,17H2,1-4H3,(H,30,31). The third-order valence-electron chi connectivity index (χ3n) is 5.71. The highest BCUT2D eigenvalue weighted by atomic mass is 16.5. The van der Waals surface area contributed by atoms with Crippen LogP contribution in [-0.2, 0) is 11.2 Å². The Morgan fingerprint density at radius 3 is 2.14 bits per heavy atom. The summed E-state index contributed by atoms with van der Waals surface area (Å²) in [6.07, 6.45) is 2.17. The van der Waals surface area contributed by atoms with Crippen LogP contribution in [0.4, 0.5) is 5.69 Å². The minimum absolute atomic E-state index is 0.138. The Bertz CT molecular complexity index is 1360. The van der Waals surface area contributed by atoms with Crippen molar-refractivity contribution in [1.82, 2.24) is 4.98 Å². The topological polar surface area (TPSA) is 88.1 Å². The Balaban J connectivity index is 1.67. The van der Waals surface area contributed by atoms with Crippen molar-refractivity contribution in [3.63, 3.8) is 0 Å². The van der Waals surface area contributed by atoms with Gasteiger partial charge in [-0.25, -0.2) is 0 Å². The Labute approximate surface area is 209 Å². The van der Waals surface area contributed by atoms with E-state index in [4.69, 9.17) is 23.7 Å². The maximum Gasteiger partial charge on any atom is 0.262 e. The normalized spacial score (nSPS) is 10.6. The predicted molar refractivity (Wildman–Crippen MR) is 138 cm³/mol. The number of nitrogens with zero attached hydrogens (tertiary/aromatic N) is 1. The summed E-state index contributed by atoms with van der Waals surface area (Å²) < 4.78 is 27.5. The molecule has 0 spiro atoms. The van der Waals surface area contributed by atoms with Gasteiger partial charge >= 0.3 is 0 Å². The van der Waals surface area contributed by atoms with Gasteiger partial charge in [-0.15, -0.1) is 0 Å². The van der Waals surface area contributed by atoms with E-state index in [1.165, 1.54) is 0 Å². The molecule has 36 heavy (non-hydrogen) atoms. The van der Waals surface area contributed by atoms with Crippen LogP contribution >= 0.6 is 0 Å². The first-order valence-electron chi connectivity index (χ1n) is 11.3. The SMILES string of the molecule is COc1cc(Cc2nccc3cc(OC)c(OC)cc23)c(NC(=O)COc2ccccc2)cc1OC. The van der Waals surface area contributed by atoms with Gasteiger partial charge in [0.25, 0.3) is 5.91 Å². The monoisotopic (exact) mass is 488 g/mol. The molecule has 0 unspecified atom stereocenters. The van der Waals surface area contributed by atoms with Crippen molar-refractivity contribution in [2.24, 2.45) is 0 Å². The molecule has 1 amide bonds. The largest absolute Gasteiger partial charge is 0.493 e. The van der Waals surface area contributed by atoms with E-state index < -0.39 is 0 Å². The van der Waals surface area contributed by atoms with Gasteiger partial charge in [0.05, 0.1) is 34.1 Å². The average molecular weight is 489 g/mol. The summed E-state index contributed by atoms with van der Waals surface area (Å²) in [5, 5.41) is 4.81. The van der Waals surface area contributed by atoms with Crippen LogP contribution in [0.3, 0.4) is 0 Å². The van der Waals surface area contributed by atoms with E-state index in [0.717, 1.165) is 22.0 Å². The molecule has 1 N–H and O–H groups in total. The highest BCUT2D eigenvalue weighted by molar-refractivity contribution is 5.93. The smallest absolute Gasteiger partial charge is 0.262 e. The number of carbonyl (C=O) groups excluding carboxylic acids is 1. The Kier molecular flexibility index (Phi) is 7.75. The Morgan fingerprint density at radius 1 is 0.806 bits per heavy atom. The number of methoxy groups -OCH3 is 4. The fraction of sp³-hybridized carbons (Fsp3) is 0.214. The molecule has 0 aliphatic carbocycles. The van der Waals surface area contributed by atoms with Gasteiger partial charge < -0.3 is 29.0 Å². The van der Waals surface area contributed by atoms with E-state index in [-0.39, 0.29) is 12.5 Å². The molecule has 0 saturated carbocycles. The molecule has 0 aliphatic rings. The molecule has 3 aromatic carbocycles. The van der Waals surface area contributed by atoms with Crippen molar-refractivity contribution in [2.75, 3.05) is 40.4 Å².